The molecule has 0 atom stereocenters. The summed E-state index contributed by atoms with van der Waals surface area (Å²) in [6.07, 6.45) is -1.57. The molecule has 3 aromatic rings. The van der Waals surface area contributed by atoms with Crippen LogP contribution in [0.4, 0.5) is 24.5 Å². The predicted molar refractivity (Wildman–Crippen MR) is 115 cm³/mol. The summed E-state index contributed by atoms with van der Waals surface area (Å²) in [6.45, 7) is 0. The molecule has 0 aliphatic rings. The number of benzene rings is 3. The van der Waals surface area contributed by atoms with Crippen LogP contribution in [0.25, 0.3) is 6.08 Å². The van der Waals surface area contributed by atoms with Crippen LogP contribution in [-0.2, 0) is 11.0 Å². The largest absolute Gasteiger partial charge is 0.416 e. The van der Waals surface area contributed by atoms with Gasteiger partial charge in [-0.25, -0.2) is 0 Å². The molecule has 2 amide bonds. The van der Waals surface area contributed by atoms with Crippen molar-refractivity contribution in [2.45, 2.75) is 6.18 Å². The van der Waals surface area contributed by atoms with Crippen LogP contribution in [0, 0.1) is 0 Å². The highest BCUT2D eigenvalue weighted by Crippen LogP contribution is 2.30. The second kappa shape index (κ2) is 9.49. The molecule has 0 saturated heterocycles. The van der Waals surface area contributed by atoms with Crippen LogP contribution in [0.15, 0.2) is 78.9 Å². The Morgan fingerprint density at radius 2 is 1.48 bits per heavy atom. The number of nitrogens with one attached hydrogen (secondary N) is 2. The van der Waals surface area contributed by atoms with Crippen molar-refractivity contribution in [3.8, 4) is 0 Å². The fourth-order valence-electron chi connectivity index (χ4n) is 2.64. The molecular formula is C23H16ClF3N2O2. The van der Waals surface area contributed by atoms with E-state index in [1.165, 1.54) is 30.3 Å². The lowest BCUT2D eigenvalue weighted by atomic mass is 10.1. The van der Waals surface area contributed by atoms with E-state index in [0.717, 1.165) is 17.7 Å². The Hall–Kier alpha value is -3.58. The molecular weight excluding hydrogens is 429 g/mol. The van der Waals surface area contributed by atoms with E-state index in [9.17, 15) is 22.8 Å². The summed E-state index contributed by atoms with van der Waals surface area (Å²) in [6, 6.07) is 17.3. The van der Waals surface area contributed by atoms with Gasteiger partial charge in [-0.3, -0.25) is 9.59 Å². The van der Waals surface area contributed by atoms with Crippen molar-refractivity contribution < 1.29 is 22.8 Å². The first-order valence-corrected chi connectivity index (χ1v) is 9.42. The Balaban J connectivity index is 1.66. The normalized spacial score (nSPS) is 11.4. The molecule has 0 unspecified atom stereocenters. The highest BCUT2D eigenvalue weighted by molar-refractivity contribution is 6.30. The standard InChI is InChI=1S/C23H16ClF3N2O2/c24-18-10-7-15(8-11-18)9-12-21(30)28-19-5-1-3-16(13-19)22(31)29-20-6-2-4-17(14-20)23(25,26)27/h1-14H,(H,28,30)(H,29,31)/b12-9+. The van der Waals surface area contributed by atoms with Crippen molar-refractivity contribution in [1.82, 2.24) is 0 Å². The van der Waals surface area contributed by atoms with Gasteiger partial charge in [-0.2, -0.15) is 13.2 Å². The second-order valence-electron chi connectivity index (χ2n) is 6.49. The molecule has 2 N–H and O–H groups in total. The van der Waals surface area contributed by atoms with Gasteiger partial charge in [-0.1, -0.05) is 35.9 Å². The van der Waals surface area contributed by atoms with Gasteiger partial charge in [0.2, 0.25) is 5.91 Å². The molecule has 0 aliphatic heterocycles. The Labute approximate surface area is 181 Å². The van der Waals surface area contributed by atoms with Crippen molar-refractivity contribution in [2.24, 2.45) is 0 Å². The van der Waals surface area contributed by atoms with E-state index in [1.807, 2.05) is 0 Å². The molecule has 158 valence electrons. The summed E-state index contributed by atoms with van der Waals surface area (Å²) < 4.78 is 38.5. The van der Waals surface area contributed by atoms with Crippen LogP contribution >= 0.6 is 11.6 Å². The SMILES string of the molecule is O=C(/C=C/c1ccc(Cl)cc1)Nc1cccc(C(=O)Nc2cccc(C(F)(F)F)c2)c1. The second-order valence-corrected chi connectivity index (χ2v) is 6.92. The first kappa shape index (κ1) is 22.1. The smallest absolute Gasteiger partial charge is 0.322 e. The molecule has 31 heavy (non-hydrogen) atoms. The monoisotopic (exact) mass is 444 g/mol. The summed E-state index contributed by atoms with van der Waals surface area (Å²) >= 11 is 5.81. The number of carbonyl (C=O) groups excluding carboxylic acids is 2. The third-order valence-electron chi connectivity index (χ3n) is 4.14. The highest BCUT2D eigenvalue weighted by Gasteiger charge is 2.30. The van der Waals surface area contributed by atoms with Crippen LogP contribution < -0.4 is 10.6 Å². The van der Waals surface area contributed by atoms with Gasteiger partial charge in [0.15, 0.2) is 0 Å². The lowest BCUT2D eigenvalue weighted by molar-refractivity contribution is -0.137. The quantitative estimate of drug-likeness (QED) is 0.456. The highest BCUT2D eigenvalue weighted by atomic mass is 35.5. The summed E-state index contributed by atoms with van der Waals surface area (Å²) in [5.41, 5.74) is 0.479. The van der Waals surface area contributed by atoms with E-state index >= 15 is 0 Å². The Bertz CT molecular complexity index is 1130. The van der Waals surface area contributed by atoms with E-state index in [2.05, 4.69) is 10.6 Å². The third-order valence-corrected chi connectivity index (χ3v) is 4.39. The Kier molecular flexibility index (Phi) is 6.77. The zero-order valence-electron chi connectivity index (χ0n) is 15.9. The number of hydrogen-bond donors (Lipinski definition) is 2. The van der Waals surface area contributed by atoms with E-state index in [4.69, 9.17) is 11.6 Å². The average molecular weight is 445 g/mol. The van der Waals surface area contributed by atoms with Crippen LogP contribution in [0.3, 0.4) is 0 Å². The number of hydrogen-bond acceptors (Lipinski definition) is 2. The van der Waals surface area contributed by atoms with Crippen LogP contribution in [-0.4, -0.2) is 11.8 Å². The Morgan fingerprint density at radius 3 is 2.16 bits per heavy atom. The minimum Gasteiger partial charge on any atom is -0.322 e. The topological polar surface area (TPSA) is 58.2 Å². The molecule has 0 bridgehead atoms. The predicted octanol–water partition coefficient (Wildman–Crippen LogP) is 6.26. The number of carbonyl (C=O) groups is 2. The van der Waals surface area contributed by atoms with Crippen molar-refractivity contribution in [3.05, 3.63) is 101 Å². The molecule has 4 nitrogen and oxygen atoms in total. The molecule has 0 fully saturated rings. The van der Waals surface area contributed by atoms with Gasteiger partial charge >= 0.3 is 6.18 Å². The van der Waals surface area contributed by atoms with E-state index in [0.29, 0.717) is 10.7 Å². The van der Waals surface area contributed by atoms with E-state index in [1.54, 1.807) is 42.5 Å². The number of rotatable bonds is 5. The average Bonchev–Trinajstić information content (AvgIpc) is 2.73. The summed E-state index contributed by atoms with van der Waals surface area (Å²) in [7, 11) is 0. The van der Waals surface area contributed by atoms with Crippen LogP contribution in [0.2, 0.25) is 5.02 Å². The molecule has 8 heteroatoms. The molecule has 0 aromatic heterocycles. The number of halogens is 4. The molecule has 0 aliphatic carbocycles. The van der Waals surface area contributed by atoms with Crippen molar-refractivity contribution in [3.63, 3.8) is 0 Å². The third kappa shape index (κ3) is 6.45. The van der Waals surface area contributed by atoms with Gasteiger partial charge < -0.3 is 10.6 Å². The summed E-state index contributed by atoms with van der Waals surface area (Å²) in [5.74, 6) is -1.02. The minimum absolute atomic E-state index is 0.0140. The van der Waals surface area contributed by atoms with Gasteiger partial charge in [0, 0.05) is 28.0 Å². The maximum atomic E-state index is 12.8. The fraction of sp³-hybridized carbons (Fsp3) is 0.0435. The molecule has 0 spiro atoms. The molecule has 3 aromatic carbocycles. The van der Waals surface area contributed by atoms with E-state index < -0.39 is 23.6 Å². The van der Waals surface area contributed by atoms with E-state index in [-0.39, 0.29) is 11.3 Å². The molecule has 3 rings (SSSR count). The first-order chi connectivity index (χ1) is 14.7. The number of amides is 2. The molecule has 0 heterocycles. The van der Waals surface area contributed by atoms with Gasteiger partial charge in [0.05, 0.1) is 5.56 Å². The maximum Gasteiger partial charge on any atom is 0.416 e. The zero-order chi connectivity index (χ0) is 22.4. The zero-order valence-corrected chi connectivity index (χ0v) is 16.7. The van der Waals surface area contributed by atoms with Gasteiger partial charge in [-0.05, 0) is 60.2 Å². The Morgan fingerprint density at radius 1 is 0.839 bits per heavy atom. The maximum absolute atomic E-state index is 12.8. The van der Waals surface area contributed by atoms with Crippen molar-refractivity contribution >= 4 is 40.9 Å². The van der Waals surface area contributed by atoms with Crippen molar-refractivity contribution in [2.75, 3.05) is 10.6 Å². The van der Waals surface area contributed by atoms with Gasteiger partial charge in [0.25, 0.3) is 5.91 Å². The minimum atomic E-state index is -4.51. The summed E-state index contributed by atoms with van der Waals surface area (Å²) in [5, 5.41) is 5.64. The lowest BCUT2D eigenvalue weighted by Crippen LogP contribution is -2.14. The molecule has 0 saturated carbocycles. The van der Waals surface area contributed by atoms with Gasteiger partial charge in [0.1, 0.15) is 0 Å². The lowest BCUT2D eigenvalue weighted by Gasteiger charge is -2.10. The summed E-state index contributed by atoms with van der Waals surface area (Å²) in [4.78, 5) is 24.5. The first-order valence-electron chi connectivity index (χ1n) is 9.04. The molecule has 0 radical (unpaired) electrons. The number of alkyl halides is 3. The van der Waals surface area contributed by atoms with Crippen LogP contribution in [0.1, 0.15) is 21.5 Å². The number of anilines is 2. The van der Waals surface area contributed by atoms with Gasteiger partial charge in [-0.15, -0.1) is 0 Å². The fourth-order valence-corrected chi connectivity index (χ4v) is 2.77. The van der Waals surface area contributed by atoms with Crippen LogP contribution in [0.5, 0.6) is 0 Å². The van der Waals surface area contributed by atoms with Crippen molar-refractivity contribution in [1.29, 1.82) is 0 Å².